The third kappa shape index (κ3) is 10.5. The fourth-order valence-corrected chi connectivity index (χ4v) is 2.37. The van der Waals surface area contributed by atoms with E-state index in [0.717, 1.165) is 16.7 Å². The van der Waals surface area contributed by atoms with E-state index in [2.05, 4.69) is 20.4 Å². The van der Waals surface area contributed by atoms with E-state index in [4.69, 9.17) is 14.5 Å². The summed E-state index contributed by atoms with van der Waals surface area (Å²) in [5, 5.41) is 10.1. The number of alkyl halides is 3. The Morgan fingerprint density at radius 1 is 1.16 bits per heavy atom. The van der Waals surface area contributed by atoms with Gasteiger partial charge in [0.15, 0.2) is 0 Å². The lowest BCUT2D eigenvalue weighted by Gasteiger charge is -2.11. The van der Waals surface area contributed by atoms with Crippen LogP contribution in [0.4, 0.5) is 13.2 Å². The Morgan fingerprint density at radius 3 is 2.31 bits per heavy atom. The topological polar surface area (TPSA) is 81.5 Å². The molecule has 2 rings (SSSR count). The standard InChI is InChI=1S/C19H19F3N2O3.C2H5NO.CH4/c1-13-5-4-6-17(14(2)24-25-3)18(13)12-26-23-11-15-7-9-16(10-8-15)27-19(20,21)22;1-3-2-4;/h4-11H,12H2,1-3H3;2H,1H3,(H,3,4);1H4/b23-11+,24-14-;;. The smallest absolute Gasteiger partial charge is 0.406 e. The molecular weight excluding hydrogens is 427 g/mol. The number of nitrogens with zero attached hydrogens (tertiary/aromatic N) is 2. The number of carbonyl (C=O) groups is 1. The Morgan fingerprint density at radius 2 is 1.78 bits per heavy atom. The number of hydrogen-bond acceptors (Lipinski definition) is 6. The third-order valence-corrected chi connectivity index (χ3v) is 3.74. The highest BCUT2D eigenvalue weighted by Gasteiger charge is 2.30. The SMILES string of the molecule is C.CNC=O.CO/N=C(/C)c1cccc(C)c1CO/N=C/c1ccc(OC(F)(F)F)cc1. The molecule has 10 heteroatoms. The van der Waals surface area contributed by atoms with Crippen LogP contribution in [0.1, 0.15) is 36.6 Å². The van der Waals surface area contributed by atoms with Crippen molar-refractivity contribution in [1.82, 2.24) is 5.32 Å². The molecule has 0 aliphatic rings. The van der Waals surface area contributed by atoms with Gasteiger partial charge in [0.2, 0.25) is 6.41 Å². The van der Waals surface area contributed by atoms with Gasteiger partial charge in [0.25, 0.3) is 0 Å². The number of carbonyl (C=O) groups excluding carboxylic acids is 1. The van der Waals surface area contributed by atoms with E-state index in [1.54, 1.807) is 7.05 Å². The van der Waals surface area contributed by atoms with Crippen LogP contribution < -0.4 is 10.1 Å². The van der Waals surface area contributed by atoms with Gasteiger partial charge in [0.05, 0.1) is 11.9 Å². The molecule has 7 nitrogen and oxygen atoms in total. The maximum Gasteiger partial charge on any atom is 0.573 e. The first-order valence-electron chi connectivity index (χ1n) is 9.00. The predicted octanol–water partition coefficient (Wildman–Crippen LogP) is 4.81. The minimum Gasteiger partial charge on any atom is -0.406 e. The molecule has 0 aliphatic heterocycles. The molecule has 0 unspecified atom stereocenters. The lowest BCUT2D eigenvalue weighted by molar-refractivity contribution is -0.274. The Bertz CT molecular complexity index is 883. The van der Waals surface area contributed by atoms with Crippen LogP contribution >= 0.6 is 0 Å². The summed E-state index contributed by atoms with van der Waals surface area (Å²) in [7, 11) is 3.04. The molecule has 0 fully saturated rings. The van der Waals surface area contributed by atoms with Gasteiger partial charge in [-0.1, -0.05) is 35.9 Å². The van der Waals surface area contributed by atoms with Gasteiger partial charge in [0.1, 0.15) is 19.5 Å². The molecule has 1 amide bonds. The van der Waals surface area contributed by atoms with Crippen LogP contribution in [0.25, 0.3) is 0 Å². The normalized spacial score (nSPS) is 11.0. The molecule has 32 heavy (non-hydrogen) atoms. The quantitative estimate of drug-likeness (QED) is 0.352. The molecule has 2 aromatic rings. The Hall–Kier alpha value is -3.56. The second-order valence-corrected chi connectivity index (χ2v) is 5.99. The first-order chi connectivity index (χ1) is 14.7. The number of oxime groups is 2. The zero-order valence-corrected chi connectivity index (χ0v) is 17.6. The number of amides is 1. The van der Waals surface area contributed by atoms with Crippen LogP contribution in [-0.2, 0) is 21.1 Å². The number of nitrogens with one attached hydrogen (secondary N) is 1. The molecule has 0 saturated heterocycles. The summed E-state index contributed by atoms with van der Waals surface area (Å²) in [5.41, 5.74) is 4.11. The van der Waals surface area contributed by atoms with Gasteiger partial charge in [-0.05, 0) is 49.2 Å². The Labute approximate surface area is 185 Å². The fourth-order valence-electron chi connectivity index (χ4n) is 2.37. The zero-order valence-electron chi connectivity index (χ0n) is 17.6. The molecule has 0 saturated carbocycles. The van der Waals surface area contributed by atoms with E-state index in [-0.39, 0.29) is 19.8 Å². The van der Waals surface area contributed by atoms with Crippen LogP contribution in [0.2, 0.25) is 0 Å². The molecule has 0 atom stereocenters. The Kier molecular flexibility index (Phi) is 12.8. The van der Waals surface area contributed by atoms with Gasteiger partial charge < -0.3 is 19.7 Å². The summed E-state index contributed by atoms with van der Waals surface area (Å²) in [5.74, 6) is -0.293. The Balaban J connectivity index is 0.00000177. The van der Waals surface area contributed by atoms with E-state index in [1.807, 2.05) is 32.0 Å². The number of rotatable bonds is 8. The summed E-state index contributed by atoms with van der Waals surface area (Å²) in [6, 6.07) is 11.1. The molecule has 1 N–H and O–H groups in total. The van der Waals surface area contributed by atoms with Crippen molar-refractivity contribution in [3.05, 3.63) is 64.7 Å². The second-order valence-electron chi connectivity index (χ2n) is 5.99. The van der Waals surface area contributed by atoms with Gasteiger partial charge in [-0.2, -0.15) is 0 Å². The summed E-state index contributed by atoms with van der Waals surface area (Å²) in [4.78, 5) is 19.2. The lowest BCUT2D eigenvalue weighted by atomic mass is 10.00. The minimum absolute atomic E-state index is 0. The first-order valence-corrected chi connectivity index (χ1v) is 9.00. The maximum absolute atomic E-state index is 12.1. The second kappa shape index (κ2) is 14.4. The molecule has 0 heterocycles. The first kappa shape index (κ1) is 28.4. The highest BCUT2D eigenvalue weighted by molar-refractivity contribution is 5.99. The third-order valence-electron chi connectivity index (χ3n) is 3.74. The van der Waals surface area contributed by atoms with Crippen molar-refractivity contribution < 1.29 is 32.4 Å². The van der Waals surface area contributed by atoms with Crippen molar-refractivity contribution >= 4 is 18.3 Å². The minimum atomic E-state index is -4.71. The molecule has 0 radical (unpaired) electrons. The molecule has 2 aromatic carbocycles. The van der Waals surface area contributed by atoms with Crippen molar-refractivity contribution in [1.29, 1.82) is 0 Å². The van der Waals surface area contributed by atoms with Gasteiger partial charge >= 0.3 is 6.36 Å². The molecule has 0 aliphatic carbocycles. The summed E-state index contributed by atoms with van der Waals surface area (Å²) in [6.45, 7) is 3.99. The molecule has 0 aromatic heterocycles. The molecular formula is C22H28F3N3O4. The van der Waals surface area contributed by atoms with Crippen molar-refractivity contribution in [2.45, 2.75) is 34.2 Å². The monoisotopic (exact) mass is 455 g/mol. The summed E-state index contributed by atoms with van der Waals surface area (Å²) >= 11 is 0. The van der Waals surface area contributed by atoms with E-state index < -0.39 is 6.36 Å². The molecule has 0 bridgehead atoms. The van der Waals surface area contributed by atoms with Crippen molar-refractivity contribution in [3.63, 3.8) is 0 Å². The van der Waals surface area contributed by atoms with Crippen molar-refractivity contribution in [3.8, 4) is 5.75 Å². The van der Waals surface area contributed by atoms with Crippen LogP contribution in [0.5, 0.6) is 5.75 Å². The summed E-state index contributed by atoms with van der Waals surface area (Å²) < 4.78 is 40.2. The number of ether oxygens (including phenoxy) is 1. The average Bonchev–Trinajstić information content (AvgIpc) is 2.72. The molecule has 0 spiro atoms. The van der Waals surface area contributed by atoms with E-state index in [1.165, 1.54) is 37.6 Å². The fraction of sp³-hybridized carbons (Fsp3) is 0.318. The van der Waals surface area contributed by atoms with Crippen molar-refractivity contribution in [2.24, 2.45) is 10.3 Å². The number of aryl methyl sites for hydroxylation is 1. The van der Waals surface area contributed by atoms with Crippen LogP contribution in [-0.4, -0.2) is 38.9 Å². The van der Waals surface area contributed by atoms with Gasteiger partial charge in [0, 0.05) is 18.2 Å². The highest BCUT2D eigenvalue weighted by Crippen LogP contribution is 2.22. The summed E-state index contributed by atoms with van der Waals surface area (Å²) in [6.07, 6.45) is -2.68. The van der Waals surface area contributed by atoms with Gasteiger partial charge in [-0.25, -0.2) is 0 Å². The number of hydrogen-bond donors (Lipinski definition) is 1. The van der Waals surface area contributed by atoms with Crippen molar-refractivity contribution in [2.75, 3.05) is 14.2 Å². The number of benzene rings is 2. The maximum atomic E-state index is 12.1. The van der Waals surface area contributed by atoms with Crippen LogP contribution in [0.15, 0.2) is 52.8 Å². The average molecular weight is 455 g/mol. The number of halogens is 3. The van der Waals surface area contributed by atoms with E-state index >= 15 is 0 Å². The van der Waals surface area contributed by atoms with Gasteiger partial charge in [-0.3, -0.25) is 4.79 Å². The van der Waals surface area contributed by atoms with E-state index in [0.29, 0.717) is 17.7 Å². The van der Waals surface area contributed by atoms with Gasteiger partial charge in [-0.15, -0.1) is 13.2 Å². The molecule has 176 valence electrons. The van der Waals surface area contributed by atoms with Crippen LogP contribution in [0.3, 0.4) is 0 Å². The predicted molar refractivity (Wildman–Crippen MR) is 118 cm³/mol. The largest absolute Gasteiger partial charge is 0.573 e. The zero-order chi connectivity index (χ0) is 23.3. The van der Waals surface area contributed by atoms with E-state index in [9.17, 15) is 13.2 Å². The highest BCUT2D eigenvalue weighted by atomic mass is 19.4. The van der Waals surface area contributed by atoms with Crippen LogP contribution in [0, 0.1) is 6.92 Å². The lowest BCUT2D eigenvalue weighted by Crippen LogP contribution is -2.17.